The highest BCUT2D eigenvalue weighted by Crippen LogP contribution is 2.44. The molecule has 0 amide bonds. The molecule has 4 fully saturated rings. The van der Waals surface area contributed by atoms with Crippen molar-refractivity contribution in [3.8, 4) is 0 Å². The summed E-state index contributed by atoms with van der Waals surface area (Å²) in [5, 5.41) is 0. The first-order chi connectivity index (χ1) is 18.6. The van der Waals surface area contributed by atoms with E-state index in [2.05, 4.69) is 26.5 Å². The number of benzene rings is 1. The zero-order valence-corrected chi connectivity index (χ0v) is 23.0. The van der Waals surface area contributed by atoms with Gasteiger partial charge in [-0.3, -0.25) is 14.5 Å². The van der Waals surface area contributed by atoms with Crippen molar-refractivity contribution >= 4 is 22.8 Å². The number of aromatic nitrogens is 2. The standard InChI is InChI=1S/C31H44N4O3/c1-38-29(36)19-22-15-17-33(18-16-22)30-31(37)35(28-12-8-7-11-27(28)32-30)26-20-24-13-14-25(21-26)34(24)23-9-5-3-2-4-6-10-23/h7-8,11-12,22-26H,2-6,9-10,13-21H2,1H3/t24-,25+,26+. The minimum absolute atomic E-state index is 0.0684. The quantitative estimate of drug-likeness (QED) is 0.488. The molecule has 3 atom stereocenters. The molecule has 4 heterocycles. The van der Waals surface area contributed by atoms with E-state index in [9.17, 15) is 9.59 Å². The fourth-order valence-corrected chi connectivity index (χ4v) is 8.10. The maximum Gasteiger partial charge on any atom is 0.305 e. The van der Waals surface area contributed by atoms with E-state index in [4.69, 9.17) is 9.72 Å². The second-order valence-corrected chi connectivity index (χ2v) is 12.3. The molecule has 1 aromatic heterocycles. The summed E-state index contributed by atoms with van der Waals surface area (Å²) in [6, 6.07) is 10.4. The summed E-state index contributed by atoms with van der Waals surface area (Å²) < 4.78 is 7.00. The monoisotopic (exact) mass is 520 g/mol. The molecule has 0 unspecified atom stereocenters. The molecule has 6 rings (SSSR count). The van der Waals surface area contributed by atoms with Crippen molar-refractivity contribution in [3.63, 3.8) is 0 Å². The van der Waals surface area contributed by atoms with Crippen molar-refractivity contribution < 1.29 is 9.53 Å². The molecular formula is C31H44N4O3. The lowest BCUT2D eigenvalue weighted by atomic mass is 9.89. The number of anilines is 1. The first-order valence-corrected chi connectivity index (χ1v) is 15.2. The lowest BCUT2D eigenvalue weighted by molar-refractivity contribution is -0.141. The molecular weight excluding hydrogens is 476 g/mol. The molecule has 1 aromatic carbocycles. The van der Waals surface area contributed by atoms with Gasteiger partial charge in [-0.1, -0.05) is 44.2 Å². The summed E-state index contributed by atoms with van der Waals surface area (Å²) in [6.07, 6.45) is 16.6. The third-order valence-electron chi connectivity index (χ3n) is 10.0. The van der Waals surface area contributed by atoms with E-state index in [1.165, 1.54) is 64.9 Å². The van der Waals surface area contributed by atoms with Crippen molar-refractivity contribution in [2.75, 3.05) is 25.1 Å². The van der Waals surface area contributed by atoms with Crippen LogP contribution < -0.4 is 10.5 Å². The Kier molecular flexibility index (Phi) is 7.73. The molecule has 0 radical (unpaired) electrons. The summed E-state index contributed by atoms with van der Waals surface area (Å²) >= 11 is 0. The number of rotatable bonds is 5. The van der Waals surface area contributed by atoms with Crippen molar-refractivity contribution in [1.82, 2.24) is 14.5 Å². The van der Waals surface area contributed by atoms with Gasteiger partial charge in [0.15, 0.2) is 5.82 Å². The number of para-hydroxylation sites is 2. The molecule has 3 saturated heterocycles. The zero-order chi connectivity index (χ0) is 26.1. The molecule has 7 heteroatoms. The van der Waals surface area contributed by atoms with Crippen molar-refractivity contribution in [3.05, 3.63) is 34.6 Å². The highest BCUT2D eigenvalue weighted by molar-refractivity contribution is 5.76. The van der Waals surface area contributed by atoms with Crippen LogP contribution in [0.2, 0.25) is 0 Å². The Balaban J connectivity index is 1.25. The van der Waals surface area contributed by atoms with Gasteiger partial charge in [-0.05, 0) is 69.4 Å². The van der Waals surface area contributed by atoms with Crippen LogP contribution in [0.5, 0.6) is 0 Å². The molecule has 3 aliphatic heterocycles. The number of carbonyl (C=O) groups excluding carboxylic acids is 1. The number of fused-ring (bicyclic) bond motifs is 3. The van der Waals surface area contributed by atoms with Crippen LogP contribution in [0.4, 0.5) is 5.82 Å². The summed E-state index contributed by atoms with van der Waals surface area (Å²) in [5.74, 6) is 0.764. The van der Waals surface area contributed by atoms with Crippen LogP contribution in [0.15, 0.2) is 29.1 Å². The first-order valence-electron chi connectivity index (χ1n) is 15.2. The number of nitrogens with zero attached hydrogens (tertiary/aromatic N) is 4. The van der Waals surface area contributed by atoms with E-state index in [1.807, 2.05) is 12.1 Å². The lowest BCUT2D eigenvalue weighted by Crippen LogP contribution is -2.50. The molecule has 2 aromatic rings. The van der Waals surface area contributed by atoms with Gasteiger partial charge in [0.2, 0.25) is 0 Å². The predicted molar refractivity (Wildman–Crippen MR) is 151 cm³/mol. The summed E-state index contributed by atoms with van der Waals surface area (Å²) in [4.78, 5) is 35.9. The highest BCUT2D eigenvalue weighted by Gasteiger charge is 2.44. The van der Waals surface area contributed by atoms with Gasteiger partial charge in [-0.2, -0.15) is 0 Å². The molecule has 0 N–H and O–H groups in total. The van der Waals surface area contributed by atoms with E-state index in [0.29, 0.717) is 30.2 Å². The Morgan fingerprint density at radius 2 is 1.53 bits per heavy atom. The van der Waals surface area contributed by atoms with Crippen LogP contribution in [0.3, 0.4) is 0 Å². The number of ether oxygens (including phenoxy) is 1. The topological polar surface area (TPSA) is 67.7 Å². The molecule has 206 valence electrons. The smallest absolute Gasteiger partial charge is 0.305 e. The minimum atomic E-state index is -0.144. The minimum Gasteiger partial charge on any atom is -0.469 e. The SMILES string of the molecule is COC(=O)CC1CCN(c2nc3ccccc3n([C@H]3C[C@H]4CC[C@@H](C3)N4C3CCCCCCC3)c2=O)CC1. The van der Waals surface area contributed by atoms with E-state index in [0.717, 1.165) is 55.8 Å². The summed E-state index contributed by atoms with van der Waals surface area (Å²) in [7, 11) is 1.45. The van der Waals surface area contributed by atoms with Gasteiger partial charge in [0.25, 0.3) is 5.56 Å². The maximum atomic E-state index is 14.2. The molecule has 7 nitrogen and oxygen atoms in total. The summed E-state index contributed by atoms with van der Waals surface area (Å²) in [6.45, 7) is 1.52. The van der Waals surface area contributed by atoms with Crippen LogP contribution in [0.1, 0.15) is 95.9 Å². The fourth-order valence-electron chi connectivity index (χ4n) is 8.10. The fraction of sp³-hybridized carbons (Fsp3) is 0.710. The molecule has 38 heavy (non-hydrogen) atoms. The second-order valence-electron chi connectivity index (χ2n) is 12.3. The van der Waals surface area contributed by atoms with Crippen LogP contribution in [-0.4, -0.2) is 58.7 Å². The lowest BCUT2D eigenvalue weighted by Gasteiger charge is -2.45. The number of hydrogen-bond acceptors (Lipinski definition) is 6. The number of piperidine rings is 2. The number of hydrogen-bond donors (Lipinski definition) is 0. The Bertz CT molecular complexity index is 1170. The summed E-state index contributed by atoms with van der Waals surface area (Å²) in [5.41, 5.74) is 1.96. The van der Waals surface area contributed by atoms with Crippen LogP contribution in [0, 0.1) is 5.92 Å². The third kappa shape index (κ3) is 5.11. The zero-order valence-electron chi connectivity index (χ0n) is 23.0. The number of esters is 1. The normalized spacial score (nSPS) is 27.8. The van der Waals surface area contributed by atoms with Gasteiger partial charge >= 0.3 is 5.97 Å². The Hall–Kier alpha value is -2.41. The largest absolute Gasteiger partial charge is 0.469 e. The Morgan fingerprint density at radius 1 is 0.868 bits per heavy atom. The van der Waals surface area contributed by atoms with E-state index in [1.54, 1.807) is 0 Å². The molecule has 4 aliphatic rings. The average Bonchev–Trinajstić information content (AvgIpc) is 3.17. The van der Waals surface area contributed by atoms with Gasteiger partial charge in [-0.25, -0.2) is 4.98 Å². The average molecular weight is 521 g/mol. The molecule has 0 spiro atoms. The van der Waals surface area contributed by atoms with Gasteiger partial charge < -0.3 is 14.2 Å². The van der Waals surface area contributed by atoms with E-state index in [-0.39, 0.29) is 17.6 Å². The van der Waals surface area contributed by atoms with Crippen LogP contribution in [-0.2, 0) is 9.53 Å². The maximum absolute atomic E-state index is 14.2. The highest BCUT2D eigenvalue weighted by atomic mass is 16.5. The molecule has 1 aliphatic carbocycles. The number of methoxy groups -OCH3 is 1. The Labute approximate surface area is 226 Å². The van der Waals surface area contributed by atoms with E-state index < -0.39 is 0 Å². The number of carbonyl (C=O) groups is 1. The second kappa shape index (κ2) is 11.4. The van der Waals surface area contributed by atoms with Crippen molar-refractivity contribution in [2.45, 2.75) is 114 Å². The molecule has 1 saturated carbocycles. The Morgan fingerprint density at radius 3 is 2.21 bits per heavy atom. The van der Waals surface area contributed by atoms with Crippen molar-refractivity contribution in [2.24, 2.45) is 5.92 Å². The van der Waals surface area contributed by atoms with Gasteiger partial charge in [0, 0.05) is 43.7 Å². The van der Waals surface area contributed by atoms with Gasteiger partial charge in [0.1, 0.15) is 0 Å². The van der Waals surface area contributed by atoms with Gasteiger partial charge in [0.05, 0.1) is 18.1 Å². The van der Waals surface area contributed by atoms with Gasteiger partial charge in [-0.15, -0.1) is 0 Å². The third-order valence-corrected chi connectivity index (χ3v) is 10.0. The van der Waals surface area contributed by atoms with Crippen molar-refractivity contribution in [1.29, 1.82) is 0 Å². The van der Waals surface area contributed by atoms with Crippen LogP contribution >= 0.6 is 0 Å². The first kappa shape index (κ1) is 25.8. The van der Waals surface area contributed by atoms with Crippen LogP contribution in [0.25, 0.3) is 11.0 Å². The van der Waals surface area contributed by atoms with E-state index >= 15 is 0 Å². The molecule has 2 bridgehead atoms. The predicted octanol–water partition coefficient (Wildman–Crippen LogP) is 5.46.